The average molecular weight is 236 g/mol. The molecule has 0 spiro atoms. The van der Waals surface area contributed by atoms with E-state index >= 15 is 0 Å². The molecule has 2 aromatic heterocycles. The predicted molar refractivity (Wildman–Crippen MR) is 62.2 cm³/mol. The van der Waals surface area contributed by atoms with Crippen molar-refractivity contribution in [3.05, 3.63) is 33.8 Å². The van der Waals surface area contributed by atoms with Gasteiger partial charge in [0.1, 0.15) is 0 Å². The van der Waals surface area contributed by atoms with Crippen molar-refractivity contribution < 1.29 is 9.53 Å². The van der Waals surface area contributed by atoms with Gasteiger partial charge in [-0.2, -0.15) is 5.10 Å². The van der Waals surface area contributed by atoms with E-state index in [0.29, 0.717) is 16.3 Å². The standard InChI is InChI=1S/C11H12N2O2S/c1-7-4-5-9(16-7)11(14)10-8(15-3)6-12-13(10)2/h4-6H,1-3H3. The van der Waals surface area contributed by atoms with E-state index in [-0.39, 0.29) is 5.78 Å². The molecule has 0 aliphatic heterocycles. The Labute approximate surface area is 97.5 Å². The van der Waals surface area contributed by atoms with E-state index in [1.54, 1.807) is 13.2 Å². The molecular weight excluding hydrogens is 224 g/mol. The summed E-state index contributed by atoms with van der Waals surface area (Å²) in [6.45, 7) is 1.97. The molecule has 0 amide bonds. The van der Waals surface area contributed by atoms with Gasteiger partial charge in [0, 0.05) is 11.9 Å². The number of aryl methyl sites for hydroxylation is 2. The molecule has 0 unspecified atom stereocenters. The third-order valence-electron chi connectivity index (χ3n) is 2.30. The monoisotopic (exact) mass is 236 g/mol. The van der Waals surface area contributed by atoms with Gasteiger partial charge in [-0.05, 0) is 19.1 Å². The summed E-state index contributed by atoms with van der Waals surface area (Å²) in [7, 11) is 3.27. The number of thiophene rings is 1. The Kier molecular flexibility index (Phi) is 2.78. The van der Waals surface area contributed by atoms with Crippen molar-refractivity contribution in [2.75, 3.05) is 7.11 Å². The second-order valence-corrected chi connectivity index (χ2v) is 4.71. The Morgan fingerprint density at radius 1 is 1.50 bits per heavy atom. The van der Waals surface area contributed by atoms with Crippen molar-refractivity contribution in [3.63, 3.8) is 0 Å². The molecule has 0 fully saturated rings. The molecular formula is C11H12N2O2S. The number of aromatic nitrogens is 2. The van der Waals surface area contributed by atoms with Crippen molar-refractivity contribution in [3.8, 4) is 5.75 Å². The first-order valence-corrected chi connectivity index (χ1v) is 5.62. The second kappa shape index (κ2) is 4.09. The number of methoxy groups -OCH3 is 1. The van der Waals surface area contributed by atoms with Crippen molar-refractivity contribution in [1.29, 1.82) is 0 Å². The lowest BCUT2D eigenvalue weighted by Gasteiger charge is -2.02. The van der Waals surface area contributed by atoms with E-state index in [2.05, 4.69) is 5.10 Å². The molecule has 2 aromatic rings. The van der Waals surface area contributed by atoms with Crippen LogP contribution in [-0.2, 0) is 7.05 Å². The summed E-state index contributed by atoms with van der Waals surface area (Å²) in [4.78, 5) is 14.0. The highest BCUT2D eigenvalue weighted by atomic mass is 32.1. The van der Waals surface area contributed by atoms with Crippen LogP contribution in [0.25, 0.3) is 0 Å². The van der Waals surface area contributed by atoms with Crippen LogP contribution in [-0.4, -0.2) is 22.7 Å². The van der Waals surface area contributed by atoms with Gasteiger partial charge in [-0.15, -0.1) is 11.3 Å². The Balaban J connectivity index is 2.44. The lowest BCUT2D eigenvalue weighted by atomic mass is 10.2. The number of rotatable bonds is 3. The molecule has 16 heavy (non-hydrogen) atoms. The predicted octanol–water partition coefficient (Wildman–Crippen LogP) is 2.03. The maximum absolute atomic E-state index is 12.2. The summed E-state index contributed by atoms with van der Waals surface area (Å²) in [5, 5.41) is 4.02. The zero-order valence-corrected chi connectivity index (χ0v) is 10.2. The minimum Gasteiger partial charge on any atom is -0.493 e. The number of carbonyl (C=O) groups excluding carboxylic acids is 1. The molecule has 0 saturated heterocycles. The van der Waals surface area contributed by atoms with Gasteiger partial charge in [0.05, 0.1) is 18.2 Å². The van der Waals surface area contributed by atoms with Crippen LogP contribution >= 0.6 is 11.3 Å². The Hall–Kier alpha value is -1.62. The number of nitrogens with zero attached hydrogens (tertiary/aromatic N) is 2. The van der Waals surface area contributed by atoms with Crippen LogP contribution in [0, 0.1) is 6.92 Å². The highest BCUT2D eigenvalue weighted by molar-refractivity contribution is 7.14. The van der Waals surface area contributed by atoms with E-state index in [1.807, 2.05) is 19.1 Å². The molecule has 0 atom stereocenters. The zero-order chi connectivity index (χ0) is 11.7. The molecule has 2 heterocycles. The third kappa shape index (κ3) is 1.74. The molecule has 4 nitrogen and oxygen atoms in total. The molecule has 0 N–H and O–H groups in total. The van der Waals surface area contributed by atoms with Gasteiger partial charge in [0.25, 0.3) is 0 Å². The van der Waals surface area contributed by atoms with E-state index < -0.39 is 0 Å². The quantitative estimate of drug-likeness (QED) is 0.766. The molecule has 5 heteroatoms. The van der Waals surface area contributed by atoms with Crippen molar-refractivity contribution >= 4 is 17.1 Å². The van der Waals surface area contributed by atoms with Crippen LogP contribution in [0.15, 0.2) is 18.3 Å². The van der Waals surface area contributed by atoms with E-state index in [9.17, 15) is 4.79 Å². The zero-order valence-electron chi connectivity index (χ0n) is 9.35. The molecule has 0 bridgehead atoms. The first kappa shape index (κ1) is 10.9. The summed E-state index contributed by atoms with van der Waals surface area (Å²) in [5.74, 6) is 0.466. The third-order valence-corrected chi connectivity index (χ3v) is 3.30. The number of ketones is 1. The molecule has 84 valence electrons. The number of carbonyl (C=O) groups is 1. The summed E-state index contributed by atoms with van der Waals surface area (Å²) >= 11 is 1.48. The van der Waals surface area contributed by atoms with E-state index in [4.69, 9.17) is 4.74 Å². The first-order valence-electron chi connectivity index (χ1n) is 4.80. The first-order chi connectivity index (χ1) is 7.63. The van der Waals surface area contributed by atoms with Crippen molar-refractivity contribution in [2.24, 2.45) is 7.05 Å². The van der Waals surface area contributed by atoms with Crippen LogP contribution in [0.3, 0.4) is 0 Å². The molecule has 2 rings (SSSR count). The largest absolute Gasteiger partial charge is 0.493 e. The Morgan fingerprint density at radius 2 is 2.25 bits per heavy atom. The summed E-state index contributed by atoms with van der Waals surface area (Å²) in [5.41, 5.74) is 0.490. The van der Waals surface area contributed by atoms with E-state index in [1.165, 1.54) is 23.1 Å². The topological polar surface area (TPSA) is 44.1 Å². The molecule has 0 aliphatic carbocycles. The molecule has 0 aliphatic rings. The van der Waals surface area contributed by atoms with Gasteiger partial charge in [0.2, 0.25) is 5.78 Å². The molecule has 0 aromatic carbocycles. The fourth-order valence-electron chi connectivity index (χ4n) is 1.50. The van der Waals surface area contributed by atoms with Gasteiger partial charge >= 0.3 is 0 Å². The fourth-order valence-corrected chi connectivity index (χ4v) is 2.31. The average Bonchev–Trinajstić information content (AvgIpc) is 2.83. The number of ether oxygens (including phenoxy) is 1. The molecule has 0 radical (unpaired) electrons. The van der Waals surface area contributed by atoms with Gasteiger partial charge in [-0.3, -0.25) is 9.48 Å². The number of hydrogen-bond donors (Lipinski definition) is 0. The fraction of sp³-hybridized carbons (Fsp3) is 0.273. The number of hydrogen-bond acceptors (Lipinski definition) is 4. The second-order valence-electron chi connectivity index (χ2n) is 3.42. The maximum Gasteiger partial charge on any atom is 0.224 e. The normalized spacial score (nSPS) is 10.4. The maximum atomic E-state index is 12.2. The lowest BCUT2D eigenvalue weighted by molar-refractivity contribution is 0.103. The highest BCUT2D eigenvalue weighted by Crippen LogP contribution is 2.24. The Morgan fingerprint density at radius 3 is 2.81 bits per heavy atom. The Bertz CT molecular complexity index is 528. The highest BCUT2D eigenvalue weighted by Gasteiger charge is 2.20. The minimum atomic E-state index is -0.0463. The SMILES string of the molecule is COc1cnn(C)c1C(=O)c1ccc(C)s1. The lowest BCUT2D eigenvalue weighted by Crippen LogP contribution is -2.08. The van der Waals surface area contributed by atoms with Crippen LogP contribution in [0.1, 0.15) is 20.2 Å². The summed E-state index contributed by atoms with van der Waals surface area (Å²) in [6, 6.07) is 3.76. The van der Waals surface area contributed by atoms with Crippen molar-refractivity contribution in [1.82, 2.24) is 9.78 Å². The smallest absolute Gasteiger partial charge is 0.224 e. The van der Waals surface area contributed by atoms with Gasteiger partial charge in [0.15, 0.2) is 11.4 Å². The van der Waals surface area contributed by atoms with Crippen LogP contribution in [0.2, 0.25) is 0 Å². The van der Waals surface area contributed by atoms with Gasteiger partial charge < -0.3 is 4.74 Å². The van der Waals surface area contributed by atoms with Gasteiger partial charge in [-0.25, -0.2) is 0 Å². The van der Waals surface area contributed by atoms with Crippen LogP contribution in [0.4, 0.5) is 0 Å². The van der Waals surface area contributed by atoms with Gasteiger partial charge in [-0.1, -0.05) is 0 Å². The van der Waals surface area contributed by atoms with Crippen LogP contribution in [0.5, 0.6) is 5.75 Å². The van der Waals surface area contributed by atoms with Crippen LogP contribution < -0.4 is 4.74 Å². The van der Waals surface area contributed by atoms with E-state index in [0.717, 1.165) is 4.88 Å². The molecule has 0 saturated carbocycles. The summed E-state index contributed by atoms with van der Waals surface area (Å²) < 4.78 is 6.65. The summed E-state index contributed by atoms with van der Waals surface area (Å²) in [6.07, 6.45) is 1.55. The minimum absolute atomic E-state index is 0.0463. The van der Waals surface area contributed by atoms with Crippen molar-refractivity contribution in [2.45, 2.75) is 6.92 Å².